The van der Waals surface area contributed by atoms with Gasteiger partial charge in [-0.15, -0.1) is 0 Å². The van der Waals surface area contributed by atoms with Crippen molar-refractivity contribution < 1.29 is 14.3 Å². The van der Waals surface area contributed by atoms with Crippen LogP contribution in [0.25, 0.3) is 0 Å². The predicted octanol–water partition coefficient (Wildman–Crippen LogP) is 2.19. The van der Waals surface area contributed by atoms with Gasteiger partial charge < -0.3 is 9.47 Å². The molecular formula is C14H17NO3. The molecule has 1 aromatic rings. The second kappa shape index (κ2) is 4.28. The molecule has 2 aliphatic rings. The molecular weight excluding hydrogens is 230 g/mol. The first-order valence-corrected chi connectivity index (χ1v) is 6.28. The van der Waals surface area contributed by atoms with Crippen LogP contribution in [0.3, 0.4) is 0 Å². The smallest absolute Gasteiger partial charge is 0.410 e. The van der Waals surface area contributed by atoms with Crippen LogP contribution >= 0.6 is 0 Å². The van der Waals surface area contributed by atoms with Crippen LogP contribution in [-0.2, 0) is 16.1 Å². The third-order valence-electron chi connectivity index (χ3n) is 3.68. The molecule has 2 saturated heterocycles. The summed E-state index contributed by atoms with van der Waals surface area (Å²) < 4.78 is 11.0. The molecule has 96 valence electrons. The summed E-state index contributed by atoms with van der Waals surface area (Å²) in [7, 11) is 0. The van der Waals surface area contributed by atoms with Crippen LogP contribution in [0, 0.1) is 0 Å². The molecule has 1 amide bonds. The number of hydrogen-bond donors (Lipinski definition) is 0. The molecule has 2 aliphatic heterocycles. The van der Waals surface area contributed by atoms with E-state index in [0.717, 1.165) is 12.0 Å². The molecule has 4 nitrogen and oxygen atoms in total. The highest BCUT2D eigenvalue weighted by molar-refractivity contribution is 5.69. The molecule has 2 unspecified atom stereocenters. The van der Waals surface area contributed by atoms with Crippen LogP contribution < -0.4 is 0 Å². The van der Waals surface area contributed by atoms with Gasteiger partial charge in [-0.05, 0) is 12.5 Å². The highest BCUT2D eigenvalue weighted by atomic mass is 16.6. The number of ether oxygens (including phenoxy) is 2. The molecule has 4 heteroatoms. The lowest BCUT2D eigenvalue weighted by molar-refractivity contribution is -0.0322. The molecule has 2 bridgehead atoms. The van der Waals surface area contributed by atoms with Crippen molar-refractivity contribution in [1.29, 1.82) is 0 Å². The predicted molar refractivity (Wildman–Crippen MR) is 66.1 cm³/mol. The van der Waals surface area contributed by atoms with E-state index in [1.54, 1.807) is 4.90 Å². The second-order valence-electron chi connectivity index (χ2n) is 5.29. The summed E-state index contributed by atoms with van der Waals surface area (Å²) in [6.07, 6.45) is 0.698. The Morgan fingerprint density at radius 1 is 1.50 bits per heavy atom. The van der Waals surface area contributed by atoms with Gasteiger partial charge in [-0.3, -0.25) is 4.90 Å². The van der Waals surface area contributed by atoms with E-state index < -0.39 is 0 Å². The maximum Gasteiger partial charge on any atom is 0.410 e. The summed E-state index contributed by atoms with van der Waals surface area (Å²) in [5.41, 5.74) is 0.855. The average molecular weight is 247 g/mol. The molecule has 0 spiro atoms. The summed E-state index contributed by atoms with van der Waals surface area (Å²) >= 11 is 0. The van der Waals surface area contributed by atoms with Gasteiger partial charge in [-0.25, -0.2) is 4.79 Å². The minimum atomic E-state index is -0.226. The van der Waals surface area contributed by atoms with Gasteiger partial charge in [0, 0.05) is 6.42 Å². The molecule has 0 N–H and O–H groups in total. The Morgan fingerprint density at radius 2 is 2.28 bits per heavy atom. The number of nitrogens with zero attached hydrogens (tertiary/aromatic N) is 1. The summed E-state index contributed by atoms with van der Waals surface area (Å²) in [6, 6.07) is 9.93. The topological polar surface area (TPSA) is 38.8 Å². The van der Waals surface area contributed by atoms with Crippen molar-refractivity contribution in [3.05, 3.63) is 35.9 Å². The van der Waals surface area contributed by atoms with E-state index in [0.29, 0.717) is 19.8 Å². The second-order valence-corrected chi connectivity index (χ2v) is 5.29. The molecule has 2 heterocycles. The number of likely N-dealkylation sites (tertiary alicyclic amines) is 1. The first kappa shape index (κ1) is 11.5. The lowest BCUT2D eigenvalue weighted by atomic mass is 10.1. The zero-order chi connectivity index (χ0) is 12.6. The molecule has 2 atom stereocenters. The zero-order valence-electron chi connectivity index (χ0n) is 10.5. The van der Waals surface area contributed by atoms with Crippen LogP contribution in [0.2, 0.25) is 0 Å². The summed E-state index contributed by atoms with van der Waals surface area (Å²) in [6.45, 7) is 3.67. The van der Waals surface area contributed by atoms with Crippen LogP contribution in [-0.4, -0.2) is 35.8 Å². The maximum absolute atomic E-state index is 12.0. The number of morpholine rings is 1. The standard InChI is InChI=1S/C14H17NO3/c1-14-7-12(9-18-14)15(10-14)13(16)17-8-11-5-3-2-4-6-11/h2-6,12H,7-10H2,1H3. The van der Waals surface area contributed by atoms with Crippen LogP contribution in [0.15, 0.2) is 30.3 Å². The molecule has 0 saturated carbocycles. The Morgan fingerprint density at radius 3 is 2.89 bits per heavy atom. The van der Waals surface area contributed by atoms with Crippen molar-refractivity contribution in [2.24, 2.45) is 0 Å². The number of fused-ring (bicyclic) bond motifs is 2. The van der Waals surface area contributed by atoms with E-state index in [2.05, 4.69) is 6.92 Å². The van der Waals surface area contributed by atoms with E-state index in [4.69, 9.17) is 9.47 Å². The van der Waals surface area contributed by atoms with E-state index in [-0.39, 0.29) is 17.7 Å². The number of amides is 1. The van der Waals surface area contributed by atoms with Gasteiger partial charge in [0.15, 0.2) is 0 Å². The van der Waals surface area contributed by atoms with Crippen LogP contribution in [0.5, 0.6) is 0 Å². The van der Waals surface area contributed by atoms with Gasteiger partial charge in [0.05, 0.1) is 24.8 Å². The third-order valence-corrected chi connectivity index (χ3v) is 3.68. The van der Waals surface area contributed by atoms with Gasteiger partial charge in [0.25, 0.3) is 0 Å². The van der Waals surface area contributed by atoms with Crippen LogP contribution in [0.1, 0.15) is 18.9 Å². The number of benzene rings is 1. The van der Waals surface area contributed by atoms with E-state index >= 15 is 0 Å². The summed E-state index contributed by atoms with van der Waals surface area (Å²) in [4.78, 5) is 13.8. The molecule has 3 rings (SSSR count). The van der Waals surface area contributed by atoms with E-state index in [1.165, 1.54) is 0 Å². The molecule has 2 fully saturated rings. The maximum atomic E-state index is 12.0. The van der Waals surface area contributed by atoms with Gasteiger partial charge in [-0.2, -0.15) is 0 Å². The molecule has 0 aliphatic carbocycles. The van der Waals surface area contributed by atoms with Gasteiger partial charge in [0.2, 0.25) is 0 Å². The Hall–Kier alpha value is -1.55. The minimum Gasteiger partial charge on any atom is -0.445 e. The van der Waals surface area contributed by atoms with Crippen molar-refractivity contribution in [2.45, 2.75) is 31.6 Å². The third kappa shape index (κ3) is 2.08. The largest absolute Gasteiger partial charge is 0.445 e. The lowest BCUT2D eigenvalue weighted by Gasteiger charge is -2.29. The highest BCUT2D eigenvalue weighted by Gasteiger charge is 2.50. The Balaban J connectivity index is 1.57. The fourth-order valence-corrected chi connectivity index (χ4v) is 2.73. The normalized spacial score (nSPS) is 29.6. The molecule has 0 aromatic heterocycles. The number of hydrogen-bond acceptors (Lipinski definition) is 3. The number of carbonyl (C=O) groups excluding carboxylic acids is 1. The van der Waals surface area contributed by atoms with Crippen molar-refractivity contribution in [2.75, 3.05) is 13.2 Å². The zero-order valence-corrected chi connectivity index (χ0v) is 10.5. The summed E-state index contributed by atoms with van der Waals surface area (Å²) in [5, 5.41) is 0. The Bertz CT molecular complexity index is 448. The van der Waals surface area contributed by atoms with Crippen molar-refractivity contribution in [1.82, 2.24) is 4.90 Å². The monoisotopic (exact) mass is 247 g/mol. The van der Waals surface area contributed by atoms with Crippen molar-refractivity contribution in [3.63, 3.8) is 0 Å². The van der Waals surface area contributed by atoms with Crippen molar-refractivity contribution in [3.8, 4) is 0 Å². The van der Waals surface area contributed by atoms with E-state index in [9.17, 15) is 4.79 Å². The Labute approximate surface area is 106 Å². The minimum absolute atomic E-state index is 0.156. The quantitative estimate of drug-likeness (QED) is 0.804. The summed E-state index contributed by atoms with van der Waals surface area (Å²) in [5.74, 6) is 0. The fourth-order valence-electron chi connectivity index (χ4n) is 2.73. The lowest BCUT2D eigenvalue weighted by Crippen LogP contribution is -2.44. The van der Waals surface area contributed by atoms with Gasteiger partial charge >= 0.3 is 6.09 Å². The highest BCUT2D eigenvalue weighted by Crippen LogP contribution is 2.37. The molecule has 18 heavy (non-hydrogen) atoms. The van der Waals surface area contributed by atoms with Crippen molar-refractivity contribution >= 4 is 6.09 Å². The van der Waals surface area contributed by atoms with Gasteiger partial charge in [0.1, 0.15) is 6.61 Å². The number of carbonyl (C=O) groups is 1. The first-order chi connectivity index (χ1) is 8.66. The SMILES string of the molecule is CC12CC(CO1)N(C(=O)OCc1ccccc1)C2. The first-order valence-electron chi connectivity index (χ1n) is 6.28. The van der Waals surface area contributed by atoms with Crippen LogP contribution in [0.4, 0.5) is 4.79 Å². The number of rotatable bonds is 2. The fraction of sp³-hybridized carbons (Fsp3) is 0.500. The Kier molecular flexibility index (Phi) is 2.74. The van der Waals surface area contributed by atoms with Gasteiger partial charge in [-0.1, -0.05) is 30.3 Å². The average Bonchev–Trinajstić information content (AvgIpc) is 2.92. The molecule has 1 aromatic carbocycles. The molecule has 0 radical (unpaired) electrons. The van der Waals surface area contributed by atoms with E-state index in [1.807, 2.05) is 30.3 Å².